The van der Waals surface area contributed by atoms with E-state index in [2.05, 4.69) is 5.32 Å². The molecule has 3 N–H and O–H groups in total. The molecular weight excluding hydrogens is 299 g/mol. The highest BCUT2D eigenvalue weighted by molar-refractivity contribution is 5.87. The van der Waals surface area contributed by atoms with Crippen molar-refractivity contribution in [1.82, 2.24) is 5.32 Å². The number of amides is 2. The van der Waals surface area contributed by atoms with E-state index in [1.165, 1.54) is 24.3 Å². The van der Waals surface area contributed by atoms with Gasteiger partial charge in [0.1, 0.15) is 17.6 Å². The SMILES string of the molecule is NC(=O)[C@@H](NC(=O)CCOc1ccc(F)cc1)c1ccccc1. The molecule has 0 heterocycles. The number of carbonyl (C=O) groups is 2. The Morgan fingerprint density at radius 2 is 1.74 bits per heavy atom. The van der Waals surface area contributed by atoms with E-state index in [9.17, 15) is 14.0 Å². The maximum Gasteiger partial charge on any atom is 0.244 e. The van der Waals surface area contributed by atoms with Gasteiger partial charge in [0, 0.05) is 0 Å². The fourth-order valence-electron chi connectivity index (χ4n) is 1.99. The zero-order valence-electron chi connectivity index (χ0n) is 12.4. The summed E-state index contributed by atoms with van der Waals surface area (Å²) in [6, 6.07) is 13.4. The third-order valence-corrected chi connectivity index (χ3v) is 3.13. The zero-order chi connectivity index (χ0) is 16.7. The summed E-state index contributed by atoms with van der Waals surface area (Å²) in [5, 5.41) is 2.57. The molecule has 0 aliphatic carbocycles. The van der Waals surface area contributed by atoms with Crippen LogP contribution in [0.3, 0.4) is 0 Å². The number of nitrogens with two attached hydrogens (primary N) is 1. The summed E-state index contributed by atoms with van der Waals surface area (Å²) in [4.78, 5) is 23.4. The van der Waals surface area contributed by atoms with Crippen LogP contribution in [-0.4, -0.2) is 18.4 Å². The Hall–Kier alpha value is -2.89. The number of rotatable bonds is 7. The van der Waals surface area contributed by atoms with Crippen molar-refractivity contribution in [2.24, 2.45) is 5.73 Å². The van der Waals surface area contributed by atoms with Crippen LogP contribution in [0.2, 0.25) is 0 Å². The molecule has 2 aromatic carbocycles. The molecule has 2 aromatic rings. The first-order chi connectivity index (χ1) is 11.1. The number of carbonyl (C=O) groups excluding carboxylic acids is 2. The van der Waals surface area contributed by atoms with Crippen LogP contribution in [0, 0.1) is 5.82 Å². The molecule has 2 amide bonds. The van der Waals surface area contributed by atoms with E-state index in [1.807, 2.05) is 0 Å². The summed E-state index contributed by atoms with van der Waals surface area (Å²) in [5.41, 5.74) is 5.95. The van der Waals surface area contributed by atoms with Gasteiger partial charge in [0.2, 0.25) is 11.8 Å². The minimum atomic E-state index is -0.880. The van der Waals surface area contributed by atoms with E-state index in [0.717, 1.165) is 0 Å². The van der Waals surface area contributed by atoms with Gasteiger partial charge in [-0.2, -0.15) is 0 Å². The van der Waals surface area contributed by atoms with Crippen LogP contribution >= 0.6 is 0 Å². The lowest BCUT2D eigenvalue weighted by atomic mass is 10.1. The summed E-state index contributed by atoms with van der Waals surface area (Å²) in [7, 11) is 0. The molecule has 0 saturated heterocycles. The van der Waals surface area contributed by atoms with E-state index < -0.39 is 11.9 Å². The Labute approximate surface area is 133 Å². The lowest BCUT2D eigenvalue weighted by Gasteiger charge is -2.16. The predicted octanol–water partition coefficient (Wildman–Crippen LogP) is 1.94. The summed E-state index contributed by atoms with van der Waals surface area (Å²) < 4.78 is 18.1. The van der Waals surface area contributed by atoms with Gasteiger partial charge in [-0.15, -0.1) is 0 Å². The van der Waals surface area contributed by atoms with Crippen molar-refractivity contribution in [3.05, 3.63) is 66.0 Å². The third-order valence-electron chi connectivity index (χ3n) is 3.13. The molecule has 0 fully saturated rings. The number of benzene rings is 2. The summed E-state index contributed by atoms with van der Waals surface area (Å²) in [6.07, 6.45) is 0.0496. The average molecular weight is 316 g/mol. The highest BCUT2D eigenvalue weighted by Crippen LogP contribution is 2.13. The normalized spacial score (nSPS) is 11.5. The fourth-order valence-corrected chi connectivity index (χ4v) is 1.99. The van der Waals surface area contributed by atoms with Crippen LogP contribution in [-0.2, 0) is 9.59 Å². The number of hydrogen-bond donors (Lipinski definition) is 2. The molecule has 0 aliphatic rings. The molecule has 23 heavy (non-hydrogen) atoms. The van der Waals surface area contributed by atoms with Gasteiger partial charge >= 0.3 is 0 Å². The van der Waals surface area contributed by atoms with Crippen molar-refractivity contribution in [2.45, 2.75) is 12.5 Å². The predicted molar refractivity (Wildman–Crippen MR) is 83.0 cm³/mol. The highest BCUT2D eigenvalue weighted by atomic mass is 19.1. The Morgan fingerprint density at radius 3 is 2.35 bits per heavy atom. The smallest absolute Gasteiger partial charge is 0.244 e. The first kappa shape index (κ1) is 16.5. The zero-order valence-corrected chi connectivity index (χ0v) is 12.4. The maximum atomic E-state index is 12.8. The number of halogens is 1. The van der Waals surface area contributed by atoms with Crippen molar-refractivity contribution in [2.75, 3.05) is 6.61 Å². The second-order valence-electron chi connectivity index (χ2n) is 4.87. The molecule has 0 aromatic heterocycles. The molecule has 0 bridgehead atoms. The maximum absolute atomic E-state index is 12.8. The minimum absolute atomic E-state index is 0.0496. The van der Waals surface area contributed by atoms with Gasteiger partial charge in [0.05, 0.1) is 13.0 Å². The van der Waals surface area contributed by atoms with Crippen molar-refractivity contribution in [3.63, 3.8) is 0 Å². The first-order valence-corrected chi connectivity index (χ1v) is 7.08. The molecule has 0 saturated carbocycles. The van der Waals surface area contributed by atoms with Crippen molar-refractivity contribution in [3.8, 4) is 5.75 Å². The molecule has 5 nitrogen and oxygen atoms in total. The monoisotopic (exact) mass is 316 g/mol. The van der Waals surface area contributed by atoms with E-state index in [0.29, 0.717) is 11.3 Å². The van der Waals surface area contributed by atoms with Gasteiger partial charge in [0.15, 0.2) is 0 Å². The average Bonchev–Trinajstić information content (AvgIpc) is 2.55. The quantitative estimate of drug-likeness (QED) is 0.819. The van der Waals surface area contributed by atoms with Crippen LogP contribution in [0.1, 0.15) is 18.0 Å². The molecular formula is C17H17FN2O3. The van der Waals surface area contributed by atoms with Gasteiger partial charge in [-0.05, 0) is 29.8 Å². The Balaban J connectivity index is 1.85. The van der Waals surface area contributed by atoms with Crippen LogP contribution in [0.15, 0.2) is 54.6 Å². The lowest BCUT2D eigenvalue weighted by molar-refractivity contribution is -0.127. The Bertz CT molecular complexity index is 659. The largest absolute Gasteiger partial charge is 0.493 e. The molecule has 0 spiro atoms. The van der Waals surface area contributed by atoms with Crippen molar-refractivity contribution >= 4 is 11.8 Å². The fraction of sp³-hybridized carbons (Fsp3) is 0.176. The molecule has 6 heteroatoms. The van der Waals surface area contributed by atoms with Crippen molar-refractivity contribution in [1.29, 1.82) is 0 Å². The second-order valence-corrected chi connectivity index (χ2v) is 4.87. The Morgan fingerprint density at radius 1 is 1.09 bits per heavy atom. The molecule has 2 rings (SSSR count). The van der Waals surface area contributed by atoms with Crippen LogP contribution < -0.4 is 15.8 Å². The molecule has 1 atom stereocenters. The van der Waals surface area contributed by atoms with Crippen LogP contribution in [0.5, 0.6) is 5.75 Å². The minimum Gasteiger partial charge on any atom is -0.493 e. The summed E-state index contributed by atoms with van der Waals surface area (Å²) in [5.74, 6) is -0.889. The van der Waals surface area contributed by atoms with E-state index in [4.69, 9.17) is 10.5 Å². The second kappa shape index (κ2) is 7.93. The third kappa shape index (κ3) is 5.10. The number of primary amides is 1. The molecule has 0 unspecified atom stereocenters. The van der Waals surface area contributed by atoms with Crippen LogP contribution in [0.4, 0.5) is 4.39 Å². The standard InChI is InChI=1S/C17H17FN2O3/c18-13-6-8-14(9-7-13)23-11-10-15(21)20-16(17(19)22)12-4-2-1-3-5-12/h1-9,16H,10-11H2,(H2,19,22)(H,20,21)/t16-/m0/s1. The van der Waals surface area contributed by atoms with Gasteiger partial charge in [-0.1, -0.05) is 30.3 Å². The molecule has 120 valence electrons. The van der Waals surface area contributed by atoms with Gasteiger partial charge < -0.3 is 15.8 Å². The van der Waals surface area contributed by atoms with Crippen molar-refractivity contribution < 1.29 is 18.7 Å². The summed E-state index contributed by atoms with van der Waals surface area (Å²) >= 11 is 0. The Kier molecular flexibility index (Phi) is 5.68. The number of ether oxygens (including phenoxy) is 1. The first-order valence-electron chi connectivity index (χ1n) is 7.08. The summed E-state index contributed by atoms with van der Waals surface area (Å²) in [6.45, 7) is 0.109. The highest BCUT2D eigenvalue weighted by Gasteiger charge is 2.19. The lowest BCUT2D eigenvalue weighted by Crippen LogP contribution is -2.37. The number of hydrogen-bond acceptors (Lipinski definition) is 3. The van der Waals surface area contributed by atoms with Gasteiger partial charge in [-0.25, -0.2) is 4.39 Å². The van der Waals surface area contributed by atoms with E-state index in [1.54, 1.807) is 30.3 Å². The topological polar surface area (TPSA) is 81.4 Å². The van der Waals surface area contributed by atoms with E-state index >= 15 is 0 Å². The molecule has 0 radical (unpaired) electrons. The number of nitrogens with one attached hydrogen (secondary N) is 1. The van der Waals surface area contributed by atoms with Gasteiger partial charge in [0.25, 0.3) is 0 Å². The van der Waals surface area contributed by atoms with Gasteiger partial charge in [-0.3, -0.25) is 9.59 Å². The molecule has 0 aliphatic heterocycles. The van der Waals surface area contributed by atoms with E-state index in [-0.39, 0.29) is 24.8 Å². The van der Waals surface area contributed by atoms with Crippen LogP contribution in [0.25, 0.3) is 0 Å².